The van der Waals surface area contributed by atoms with E-state index in [-0.39, 0.29) is 5.91 Å². The van der Waals surface area contributed by atoms with Gasteiger partial charge in [-0.05, 0) is 18.2 Å². The van der Waals surface area contributed by atoms with Crippen LogP contribution in [0.5, 0.6) is 5.75 Å². The zero-order valence-corrected chi connectivity index (χ0v) is 16.4. The normalized spacial score (nSPS) is 11.5. The summed E-state index contributed by atoms with van der Waals surface area (Å²) in [6.07, 6.45) is 4.28. The lowest BCUT2D eigenvalue weighted by atomic mass is 10.2. The summed E-state index contributed by atoms with van der Waals surface area (Å²) in [4.78, 5) is 27.6. The van der Waals surface area contributed by atoms with Crippen molar-refractivity contribution in [3.05, 3.63) is 30.6 Å². The fourth-order valence-corrected chi connectivity index (χ4v) is 3.12. The second-order valence-electron chi connectivity index (χ2n) is 7.29. The molecule has 3 heterocycles. The van der Waals surface area contributed by atoms with Crippen molar-refractivity contribution in [2.24, 2.45) is 5.73 Å². The standard InChI is InChI=1S/C19H25N7O2/c1-26(2,12-17(20)27)10-4-7-22-19-23-8-5-14(25-19)15-11-13-16(28-3)6-9-21-18(13)24-15/h5-6,8-9,11H,4,7,10,12H2,1-3H3,(H3-,20,21,22,23,24,25,27)/p+1. The number of likely N-dealkylation sites (N-methyl/N-ethyl adjacent to an activating group) is 1. The first kappa shape index (κ1) is 19.6. The van der Waals surface area contributed by atoms with Gasteiger partial charge in [-0.1, -0.05) is 0 Å². The number of aromatic nitrogens is 4. The molecule has 9 heteroatoms. The minimum Gasteiger partial charge on any atom is -0.496 e. The number of pyridine rings is 1. The molecule has 0 atom stereocenters. The number of nitrogens with two attached hydrogens (primary N) is 1. The lowest BCUT2D eigenvalue weighted by Gasteiger charge is -2.28. The number of anilines is 1. The molecule has 0 aliphatic rings. The average molecular weight is 384 g/mol. The first-order valence-electron chi connectivity index (χ1n) is 9.07. The third kappa shape index (κ3) is 4.74. The Balaban J connectivity index is 1.65. The molecule has 0 bridgehead atoms. The van der Waals surface area contributed by atoms with Crippen molar-refractivity contribution < 1.29 is 14.0 Å². The van der Waals surface area contributed by atoms with E-state index in [1.54, 1.807) is 19.5 Å². The summed E-state index contributed by atoms with van der Waals surface area (Å²) in [6, 6.07) is 5.64. The Hall–Kier alpha value is -3.20. The second kappa shape index (κ2) is 8.22. The Labute approximate surface area is 163 Å². The molecule has 28 heavy (non-hydrogen) atoms. The van der Waals surface area contributed by atoms with Gasteiger partial charge in [0.15, 0.2) is 6.54 Å². The van der Waals surface area contributed by atoms with Crippen LogP contribution in [0, 0.1) is 0 Å². The van der Waals surface area contributed by atoms with Gasteiger partial charge in [-0.3, -0.25) is 4.79 Å². The minimum atomic E-state index is -0.293. The number of nitrogens with zero attached hydrogens (tertiary/aromatic N) is 4. The molecule has 0 aliphatic carbocycles. The topological polar surface area (TPSA) is 119 Å². The number of fused-ring (bicyclic) bond motifs is 1. The molecule has 3 aromatic rings. The minimum absolute atomic E-state index is 0.293. The molecule has 1 amide bonds. The lowest BCUT2D eigenvalue weighted by molar-refractivity contribution is -0.882. The van der Waals surface area contributed by atoms with E-state index >= 15 is 0 Å². The summed E-state index contributed by atoms with van der Waals surface area (Å²) in [5.41, 5.74) is 7.64. The highest BCUT2D eigenvalue weighted by molar-refractivity contribution is 5.87. The van der Waals surface area contributed by atoms with Gasteiger partial charge in [0.25, 0.3) is 5.91 Å². The molecule has 4 N–H and O–H groups in total. The SMILES string of the molecule is COc1ccnc2[nH]c(-c3ccnc(NCCC[N+](C)(C)CC(N)=O)n3)cc12. The molecule has 0 aromatic carbocycles. The van der Waals surface area contributed by atoms with Gasteiger partial charge in [0.1, 0.15) is 11.4 Å². The molecule has 3 aromatic heterocycles. The van der Waals surface area contributed by atoms with Gasteiger partial charge in [0.05, 0.1) is 44.5 Å². The van der Waals surface area contributed by atoms with Crippen LogP contribution in [0.1, 0.15) is 6.42 Å². The van der Waals surface area contributed by atoms with Crippen molar-refractivity contribution >= 4 is 22.9 Å². The fourth-order valence-electron chi connectivity index (χ4n) is 3.12. The van der Waals surface area contributed by atoms with Crippen LogP contribution < -0.4 is 15.8 Å². The van der Waals surface area contributed by atoms with Gasteiger partial charge in [0.2, 0.25) is 5.95 Å². The molecule has 3 rings (SSSR count). The van der Waals surface area contributed by atoms with Crippen molar-refractivity contribution in [3.8, 4) is 17.1 Å². The molecule has 0 fully saturated rings. The van der Waals surface area contributed by atoms with Crippen molar-refractivity contribution in [3.63, 3.8) is 0 Å². The maximum atomic E-state index is 11.1. The fraction of sp³-hybridized carbons (Fsp3) is 0.368. The van der Waals surface area contributed by atoms with Crippen LogP contribution in [-0.2, 0) is 4.79 Å². The maximum Gasteiger partial charge on any atom is 0.272 e. The highest BCUT2D eigenvalue weighted by Gasteiger charge is 2.17. The number of hydrogen-bond acceptors (Lipinski definition) is 6. The molecule has 0 saturated heterocycles. The Bertz CT molecular complexity index is 968. The molecular formula is C19H26N7O2+. The van der Waals surface area contributed by atoms with Crippen LogP contribution >= 0.6 is 0 Å². The Morgan fingerprint density at radius 2 is 2.07 bits per heavy atom. The van der Waals surface area contributed by atoms with Gasteiger partial charge in [0, 0.05) is 25.4 Å². The van der Waals surface area contributed by atoms with Crippen molar-refractivity contribution in [2.45, 2.75) is 6.42 Å². The lowest BCUT2D eigenvalue weighted by Crippen LogP contribution is -2.47. The number of quaternary nitrogens is 1. The quantitative estimate of drug-likeness (QED) is 0.379. The van der Waals surface area contributed by atoms with Gasteiger partial charge in [-0.25, -0.2) is 15.0 Å². The Morgan fingerprint density at radius 1 is 1.29 bits per heavy atom. The third-order valence-corrected chi connectivity index (χ3v) is 4.45. The summed E-state index contributed by atoms with van der Waals surface area (Å²) in [6.45, 7) is 1.85. The third-order valence-electron chi connectivity index (χ3n) is 4.45. The molecule has 148 valence electrons. The van der Waals surface area contributed by atoms with Crippen LogP contribution in [0.15, 0.2) is 30.6 Å². The number of hydrogen-bond donors (Lipinski definition) is 3. The van der Waals surface area contributed by atoms with Crippen molar-refractivity contribution in [1.29, 1.82) is 0 Å². The van der Waals surface area contributed by atoms with Crippen LogP contribution in [0.25, 0.3) is 22.4 Å². The van der Waals surface area contributed by atoms with E-state index in [1.165, 1.54) is 0 Å². The van der Waals surface area contributed by atoms with E-state index in [4.69, 9.17) is 10.5 Å². The summed E-state index contributed by atoms with van der Waals surface area (Å²) < 4.78 is 5.94. The summed E-state index contributed by atoms with van der Waals surface area (Å²) in [5, 5.41) is 4.14. The molecule has 9 nitrogen and oxygen atoms in total. The van der Waals surface area contributed by atoms with Crippen molar-refractivity contribution in [1.82, 2.24) is 19.9 Å². The number of ether oxygens (including phenoxy) is 1. The number of H-pyrrole nitrogens is 1. The van der Waals surface area contributed by atoms with Crippen LogP contribution in [-0.4, -0.2) is 71.2 Å². The van der Waals surface area contributed by atoms with E-state index in [2.05, 4.69) is 25.3 Å². The van der Waals surface area contributed by atoms with E-state index in [0.29, 0.717) is 23.5 Å². The summed E-state index contributed by atoms with van der Waals surface area (Å²) in [5.74, 6) is 1.02. The summed E-state index contributed by atoms with van der Waals surface area (Å²) in [7, 11) is 5.61. The zero-order valence-electron chi connectivity index (χ0n) is 16.4. The number of amides is 1. The number of carbonyl (C=O) groups is 1. The van der Waals surface area contributed by atoms with E-state index in [9.17, 15) is 4.79 Å². The first-order chi connectivity index (χ1) is 13.4. The van der Waals surface area contributed by atoms with E-state index < -0.39 is 0 Å². The summed E-state index contributed by atoms with van der Waals surface area (Å²) >= 11 is 0. The molecule has 0 aliphatic heterocycles. The van der Waals surface area contributed by atoms with Crippen LogP contribution in [0.4, 0.5) is 5.95 Å². The molecule has 0 unspecified atom stereocenters. The maximum absolute atomic E-state index is 11.1. The highest BCUT2D eigenvalue weighted by Crippen LogP contribution is 2.28. The van der Waals surface area contributed by atoms with Crippen LogP contribution in [0.2, 0.25) is 0 Å². The number of aromatic amines is 1. The molecule has 0 spiro atoms. The first-order valence-corrected chi connectivity index (χ1v) is 9.07. The molecular weight excluding hydrogens is 358 g/mol. The largest absolute Gasteiger partial charge is 0.496 e. The predicted molar refractivity (Wildman–Crippen MR) is 108 cm³/mol. The average Bonchev–Trinajstić information content (AvgIpc) is 3.09. The number of nitrogens with one attached hydrogen (secondary N) is 2. The number of primary amides is 1. The second-order valence-corrected chi connectivity index (χ2v) is 7.29. The number of carbonyl (C=O) groups excluding carboxylic acids is 1. The monoisotopic (exact) mass is 384 g/mol. The van der Waals surface area contributed by atoms with E-state index in [1.807, 2.05) is 32.3 Å². The Kier molecular flexibility index (Phi) is 5.74. The zero-order chi connectivity index (χ0) is 20.1. The van der Waals surface area contributed by atoms with Crippen molar-refractivity contribution in [2.75, 3.05) is 46.2 Å². The van der Waals surface area contributed by atoms with Gasteiger partial charge < -0.3 is 25.3 Å². The predicted octanol–water partition coefficient (Wildman–Crippen LogP) is 1.39. The molecule has 0 saturated carbocycles. The Morgan fingerprint density at radius 3 is 2.82 bits per heavy atom. The number of methoxy groups -OCH3 is 1. The molecule has 0 radical (unpaired) electrons. The van der Waals surface area contributed by atoms with Gasteiger partial charge in [-0.2, -0.15) is 0 Å². The van der Waals surface area contributed by atoms with Crippen LogP contribution in [0.3, 0.4) is 0 Å². The smallest absolute Gasteiger partial charge is 0.272 e. The highest BCUT2D eigenvalue weighted by atomic mass is 16.5. The number of rotatable bonds is 9. The van der Waals surface area contributed by atoms with E-state index in [0.717, 1.165) is 41.1 Å². The van der Waals surface area contributed by atoms with Gasteiger partial charge >= 0.3 is 0 Å². The van der Waals surface area contributed by atoms with Gasteiger partial charge in [-0.15, -0.1) is 0 Å².